The molecule has 0 aliphatic rings. The third-order valence-corrected chi connectivity index (χ3v) is 2.68. The van der Waals surface area contributed by atoms with Gasteiger partial charge in [-0.05, 0) is 19.8 Å². The van der Waals surface area contributed by atoms with Gasteiger partial charge in [-0.3, -0.25) is 0 Å². The molecule has 0 radical (unpaired) electrons. The van der Waals surface area contributed by atoms with Gasteiger partial charge in [0.2, 0.25) is 0 Å². The molecule has 0 aromatic carbocycles. The molecule has 0 aromatic rings. The number of alkyl halides is 4. The van der Waals surface area contributed by atoms with E-state index in [9.17, 15) is 0 Å². The monoisotopic (exact) mass is 280 g/mol. The van der Waals surface area contributed by atoms with Gasteiger partial charge in [0.25, 0.3) is 0 Å². The van der Waals surface area contributed by atoms with E-state index >= 15 is 0 Å². The van der Waals surface area contributed by atoms with Crippen LogP contribution in [0, 0.1) is 0 Å². The number of aliphatic hydroxyl groups excluding tert-OH is 1. The number of rotatable bonds is 6. The molecule has 0 bridgehead atoms. The highest BCUT2D eigenvalue weighted by Crippen LogP contribution is 2.34. The number of halogens is 4. The lowest BCUT2D eigenvalue weighted by Crippen LogP contribution is -2.11. The zero-order valence-electron chi connectivity index (χ0n) is 8.15. The Morgan fingerprint density at radius 3 is 2.07 bits per heavy atom. The molecule has 0 aliphatic carbocycles. The van der Waals surface area contributed by atoms with Crippen LogP contribution < -0.4 is 0 Å². The van der Waals surface area contributed by atoms with Crippen LogP contribution in [0.5, 0.6) is 0 Å². The molecule has 0 aromatic heterocycles. The molecule has 0 aliphatic heterocycles. The largest absolute Gasteiger partial charge is 0.393 e. The van der Waals surface area contributed by atoms with Gasteiger partial charge >= 0.3 is 0 Å². The normalized spacial score (nSPS) is 16.7. The van der Waals surface area contributed by atoms with Crippen molar-refractivity contribution < 1.29 is 5.11 Å². The fourth-order valence-corrected chi connectivity index (χ4v) is 2.34. The summed E-state index contributed by atoms with van der Waals surface area (Å²) in [5.41, 5.74) is 0. The maximum Gasteiger partial charge on any atom is 0.192 e. The molecular formula is C9H16Cl4O. The number of hydrogen-bond acceptors (Lipinski definition) is 1. The lowest BCUT2D eigenvalue weighted by Gasteiger charge is -2.15. The van der Waals surface area contributed by atoms with Crippen molar-refractivity contribution in [1.29, 1.82) is 0 Å². The van der Waals surface area contributed by atoms with E-state index in [4.69, 9.17) is 51.5 Å². The van der Waals surface area contributed by atoms with Gasteiger partial charge < -0.3 is 5.11 Å². The van der Waals surface area contributed by atoms with Gasteiger partial charge in [0.15, 0.2) is 3.79 Å². The van der Waals surface area contributed by atoms with E-state index in [1.54, 1.807) is 6.92 Å². The van der Waals surface area contributed by atoms with Crippen molar-refractivity contribution in [2.24, 2.45) is 0 Å². The van der Waals surface area contributed by atoms with E-state index in [0.717, 1.165) is 25.7 Å². The van der Waals surface area contributed by atoms with E-state index in [1.807, 2.05) is 0 Å². The predicted octanol–water partition coefficient (Wildman–Crippen LogP) is 4.30. The molecule has 5 heteroatoms. The third kappa shape index (κ3) is 11.2. The highest BCUT2D eigenvalue weighted by atomic mass is 35.6. The minimum absolute atomic E-state index is 0.100. The van der Waals surface area contributed by atoms with Crippen molar-refractivity contribution in [2.75, 3.05) is 0 Å². The van der Waals surface area contributed by atoms with Crippen LogP contribution in [-0.4, -0.2) is 20.4 Å². The first-order valence-electron chi connectivity index (χ1n) is 4.70. The van der Waals surface area contributed by atoms with Crippen molar-refractivity contribution >= 4 is 46.4 Å². The van der Waals surface area contributed by atoms with E-state index in [2.05, 4.69) is 0 Å². The second kappa shape index (κ2) is 7.40. The lowest BCUT2D eigenvalue weighted by molar-refractivity contribution is 0.180. The van der Waals surface area contributed by atoms with Gasteiger partial charge in [0, 0.05) is 11.8 Å². The molecule has 2 unspecified atom stereocenters. The zero-order chi connectivity index (χ0) is 11.2. The molecular weight excluding hydrogens is 266 g/mol. The van der Waals surface area contributed by atoms with Crippen molar-refractivity contribution in [3.8, 4) is 0 Å². The molecule has 2 atom stereocenters. The Morgan fingerprint density at radius 1 is 1.14 bits per heavy atom. The molecule has 0 fully saturated rings. The van der Waals surface area contributed by atoms with Gasteiger partial charge in [-0.2, -0.15) is 0 Å². The quantitative estimate of drug-likeness (QED) is 0.569. The summed E-state index contributed by atoms with van der Waals surface area (Å²) in [6, 6.07) is 0. The Bertz CT molecular complexity index is 144. The summed E-state index contributed by atoms with van der Waals surface area (Å²) in [6.45, 7) is 1.78. The Balaban J connectivity index is 3.40. The Morgan fingerprint density at radius 2 is 1.64 bits per heavy atom. The molecule has 1 nitrogen and oxygen atoms in total. The molecule has 0 spiro atoms. The number of hydrogen-bond donors (Lipinski definition) is 1. The molecule has 86 valence electrons. The van der Waals surface area contributed by atoms with Crippen LogP contribution in [0.3, 0.4) is 0 Å². The first-order chi connectivity index (χ1) is 6.31. The predicted molar refractivity (Wildman–Crippen MR) is 64.7 cm³/mol. The standard InChI is InChI=1S/C9H16Cl4O/c1-7(14)4-2-3-5-8(10)6-9(11,12)13/h7-8,14H,2-6H2,1H3. The fourth-order valence-electron chi connectivity index (χ4n) is 1.16. The highest BCUT2D eigenvalue weighted by molar-refractivity contribution is 6.67. The summed E-state index contributed by atoms with van der Waals surface area (Å²) in [5.74, 6) is 0. The van der Waals surface area contributed by atoms with Crippen LogP contribution in [0.25, 0.3) is 0 Å². The van der Waals surface area contributed by atoms with Gasteiger partial charge in [0.05, 0.1) is 6.10 Å². The molecule has 0 saturated heterocycles. The van der Waals surface area contributed by atoms with Crippen LogP contribution >= 0.6 is 46.4 Å². The minimum atomic E-state index is -1.25. The molecule has 14 heavy (non-hydrogen) atoms. The van der Waals surface area contributed by atoms with Gasteiger partial charge in [-0.25, -0.2) is 0 Å². The summed E-state index contributed by atoms with van der Waals surface area (Å²) in [7, 11) is 0. The maximum atomic E-state index is 9.01. The Hall–Kier alpha value is 1.12. The van der Waals surface area contributed by atoms with Crippen molar-refractivity contribution in [3.05, 3.63) is 0 Å². The fraction of sp³-hybridized carbons (Fsp3) is 1.00. The Kier molecular flexibility index (Phi) is 7.99. The molecule has 0 rings (SSSR count). The second-order valence-corrected chi connectivity index (χ2v) is 6.68. The second-order valence-electron chi connectivity index (χ2n) is 3.55. The highest BCUT2D eigenvalue weighted by Gasteiger charge is 2.23. The maximum absolute atomic E-state index is 9.01. The van der Waals surface area contributed by atoms with Crippen LogP contribution in [0.15, 0.2) is 0 Å². The van der Waals surface area contributed by atoms with E-state index < -0.39 is 3.79 Å². The zero-order valence-corrected chi connectivity index (χ0v) is 11.2. The average Bonchev–Trinajstić information content (AvgIpc) is 1.94. The first kappa shape index (κ1) is 15.1. The van der Waals surface area contributed by atoms with E-state index in [-0.39, 0.29) is 11.5 Å². The summed E-state index contributed by atoms with van der Waals surface area (Å²) >= 11 is 22.8. The minimum Gasteiger partial charge on any atom is -0.393 e. The number of unbranched alkanes of at least 4 members (excludes halogenated alkanes) is 1. The smallest absolute Gasteiger partial charge is 0.192 e. The van der Waals surface area contributed by atoms with Crippen LogP contribution in [-0.2, 0) is 0 Å². The summed E-state index contributed by atoms with van der Waals surface area (Å²) < 4.78 is -1.25. The average molecular weight is 282 g/mol. The van der Waals surface area contributed by atoms with Gasteiger partial charge in [-0.1, -0.05) is 47.6 Å². The van der Waals surface area contributed by atoms with E-state index in [0.29, 0.717) is 6.42 Å². The summed E-state index contributed by atoms with van der Waals surface area (Å²) in [4.78, 5) is 0. The van der Waals surface area contributed by atoms with E-state index in [1.165, 1.54) is 0 Å². The molecule has 0 heterocycles. The third-order valence-electron chi connectivity index (χ3n) is 1.84. The summed E-state index contributed by atoms with van der Waals surface area (Å²) in [5, 5.41) is 8.91. The SMILES string of the molecule is CC(O)CCCCC(Cl)CC(Cl)(Cl)Cl. The first-order valence-corrected chi connectivity index (χ1v) is 6.27. The van der Waals surface area contributed by atoms with Gasteiger partial charge in [0.1, 0.15) is 0 Å². The van der Waals surface area contributed by atoms with Crippen molar-refractivity contribution in [2.45, 2.75) is 54.3 Å². The van der Waals surface area contributed by atoms with Crippen molar-refractivity contribution in [1.82, 2.24) is 0 Å². The van der Waals surface area contributed by atoms with Crippen LogP contribution in [0.2, 0.25) is 0 Å². The topological polar surface area (TPSA) is 20.2 Å². The molecule has 0 amide bonds. The van der Waals surface area contributed by atoms with Crippen LogP contribution in [0.1, 0.15) is 39.0 Å². The summed E-state index contributed by atoms with van der Waals surface area (Å²) in [6.07, 6.45) is 3.67. The Labute approximate surface area is 106 Å². The van der Waals surface area contributed by atoms with Crippen molar-refractivity contribution in [3.63, 3.8) is 0 Å². The molecule has 1 N–H and O–H groups in total. The lowest BCUT2D eigenvalue weighted by atomic mass is 10.1. The number of aliphatic hydroxyl groups is 1. The van der Waals surface area contributed by atoms with Gasteiger partial charge in [-0.15, -0.1) is 11.6 Å². The van der Waals surface area contributed by atoms with Crippen LogP contribution in [0.4, 0.5) is 0 Å². The molecule has 0 saturated carbocycles.